The lowest BCUT2D eigenvalue weighted by Crippen LogP contribution is -2.31. The van der Waals surface area contributed by atoms with Gasteiger partial charge in [0, 0.05) is 17.9 Å². The van der Waals surface area contributed by atoms with Crippen molar-refractivity contribution in [2.75, 3.05) is 6.54 Å². The van der Waals surface area contributed by atoms with Crippen LogP contribution in [0.2, 0.25) is 0 Å². The van der Waals surface area contributed by atoms with E-state index >= 15 is 0 Å². The van der Waals surface area contributed by atoms with E-state index in [0.717, 1.165) is 40.9 Å². The largest absolute Gasteiger partial charge is 0.350 e. The first-order valence-electron chi connectivity index (χ1n) is 9.92. The highest BCUT2D eigenvalue weighted by Gasteiger charge is 2.31. The maximum Gasteiger partial charge on any atom is 0.350 e. The summed E-state index contributed by atoms with van der Waals surface area (Å²) in [4.78, 5) is 12.9. The minimum Gasteiger partial charge on any atom is -0.247 e. The first-order chi connectivity index (χ1) is 14.4. The zero-order valence-corrected chi connectivity index (χ0v) is 17.5. The molecule has 30 heavy (non-hydrogen) atoms. The van der Waals surface area contributed by atoms with Crippen LogP contribution in [0.3, 0.4) is 0 Å². The van der Waals surface area contributed by atoms with Crippen molar-refractivity contribution in [1.29, 1.82) is 0 Å². The molecule has 156 valence electrons. The lowest BCUT2D eigenvalue weighted by molar-refractivity contribution is 0.556. The molecule has 2 aromatic carbocycles. The molecule has 1 fully saturated rings. The normalized spacial score (nSPS) is 14.4. The second-order valence-corrected chi connectivity index (χ2v) is 9.11. The summed E-state index contributed by atoms with van der Waals surface area (Å²) in [6.45, 7) is 2.22. The number of benzene rings is 2. The summed E-state index contributed by atoms with van der Waals surface area (Å²) in [7, 11) is -3.61. The third kappa shape index (κ3) is 4.77. The van der Waals surface area contributed by atoms with Crippen LogP contribution in [-0.4, -0.2) is 29.3 Å². The molecule has 1 aliphatic rings. The topological polar surface area (TPSA) is 86.0 Å². The van der Waals surface area contributed by atoms with E-state index in [1.165, 1.54) is 4.68 Å². The van der Waals surface area contributed by atoms with Crippen molar-refractivity contribution in [3.63, 3.8) is 0 Å². The van der Waals surface area contributed by atoms with Gasteiger partial charge in [-0.3, -0.25) is 0 Å². The Morgan fingerprint density at radius 1 is 1.10 bits per heavy atom. The van der Waals surface area contributed by atoms with E-state index in [1.54, 1.807) is 10.6 Å². The van der Waals surface area contributed by atoms with Gasteiger partial charge in [0.25, 0.3) is 0 Å². The van der Waals surface area contributed by atoms with Gasteiger partial charge in [-0.15, -0.1) is 0 Å². The van der Waals surface area contributed by atoms with Crippen LogP contribution in [0.25, 0.3) is 11.8 Å². The molecule has 0 radical (unpaired) electrons. The van der Waals surface area contributed by atoms with Gasteiger partial charge in [-0.2, -0.15) is 5.10 Å². The molecule has 1 saturated carbocycles. The predicted octanol–water partition coefficient (Wildman–Crippen LogP) is 2.81. The number of aromatic nitrogens is 3. The SMILES string of the molecule is Cc1ccc(/C=C/S(=O)(=O)NCCn2nc(C3CC3)n(-c3ccccc3)c2=O)cc1. The molecule has 3 aromatic rings. The highest BCUT2D eigenvalue weighted by atomic mass is 32.2. The lowest BCUT2D eigenvalue weighted by Gasteiger charge is -2.03. The summed E-state index contributed by atoms with van der Waals surface area (Å²) in [5.74, 6) is 1.03. The molecule has 1 aromatic heterocycles. The Balaban J connectivity index is 1.45. The Morgan fingerprint density at radius 3 is 2.47 bits per heavy atom. The van der Waals surface area contributed by atoms with Crippen LogP contribution in [0.15, 0.2) is 64.8 Å². The molecular weight excluding hydrogens is 400 g/mol. The summed E-state index contributed by atoms with van der Waals surface area (Å²) in [5.41, 5.74) is 2.44. The minimum absolute atomic E-state index is 0.0797. The van der Waals surface area contributed by atoms with E-state index in [4.69, 9.17) is 0 Å². The number of nitrogens with zero attached hydrogens (tertiary/aromatic N) is 3. The minimum atomic E-state index is -3.61. The number of para-hydroxylation sites is 1. The van der Waals surface area contributed by atoms with E-state index in [0.29, 0.717) is 0 Å². The van der Waals surface area contributed by atoms with Crippen LogP contribution in [0.5, 0.6) is 0 Å². The van der Waals surface area contributed by atoms with E-state index in [1.807, 2.05) is 61.5 Å². The predicted molar refractivity (Wildman–Crippen MR) is 117 cm³/mol. The van der Waals surface area contributed by atoms with Gasteiger partial charge in [-0.25, -0.2) is 27.2 Å². The van der Waals surface area contributed by atoms with Crippen LogP contribution in [0, 0.1) is 6.92 Å². The van der Waals surface area contributed by atoms with Crippen LogP contribution >= 0.6 is 0 Å². The molecular formula is C22H24N4O3S. The second kappa shape index (κ2) is 8.41. The van der Waals surface area contributed by atoms with E-state index in [9.17, 15) is 13.2 Å². The maximum atomic E-state index is 12.9. The Hall–Kier alpha value is -2.97. The highest BCUT2D eigenvalue weighted by molar-refractivity contribution is 7.92. The van der Waals surface area contributed by atoms with Gasteiger partial charge < -0.3 is 0 Å². The third-order valence-corrected chi connectivity index (χ3v) is 6.07. The Bertz CT molecular complexity index is 1210. The zero-order valence-electron chi connectivity index (χ0n) is 16.7. The van der Waals surface area contributed by atoms with Crippen molar-refractivity contribution in [2.24, 2.45) is 0 Å². The maximum absolute atomic E-state index is 12.9. The quantitative estimate of drug-likeness (QED) is 0.603. The van der Waals surface area contributed by atoms with Crippen molar-refractivity contribution >= 4 is 16.1 Å². The number of hydrogen-bond acceptors (Lipinski definition) is 4. The number of hydrogen-bond donors (Lipinski definition) is 1. The average Bonchev–Trinajstić information content (AvgIpc) is 3.53. The van der Waals surface area contributed by atoms with Crippen LogP contribution < -0.4 is 10.4 Å². The number of rotatable bonds is 8. The molecule has 8 heteroatoms. The van der Waals surface area contributed by atoms with Gasteiger partial charge in [0.1, 0.15) is 5.82 Å². The number of sulfonamides is 1. The molecule has 0 unspecified atom stereocenters. The molecule has 0 amide bonds. The third-order valence-electron chi connectivity index (χ3n) is 4.97. The monoisotopic (exact) mass is 424 g/mol. The van der Waals surface area contributed by atoms with Gasteiger partial charge >= 0.3 is 5.69 Å². The molecule has 7 nitrogen and oxygen atoms in total. The molecule has 1 heterocycles. The first-order valence-corrected chi connectivity index (χ1v) is 11.5. The Labute approximate surface area is 175 Å². The Morgan fingerprint density at radius 2 is 1.80 bits per heavy atom. The Kier molecular flexibility index (Phi) is 5.69. The van der Waals surface area contributed by atoms with Crippen LogP contribution in [0.4, 0.5) is 0 Å². The molecule has 1 aliphatic carbocycles. The van der Waals surface area contributed by atoms with E-state index in [-0.39, 0.29) is 24.7 Å². The zero-order chi connectivity index (χ0) is 21.1. The van der Waals surface area contributed by atoms with Crippen molar-refractivity contribution < 1.29 is 8.42 Å². The fourth-order valence-corrected chi connectivity index (χ4v) is 3.99. The van der Waals surface area contributed by atoms with Gasteiger partial charge in [0.2, 0.25) is 10.0 Å². The molecule has 0 atom stereocenters. The molecule has 0 bridgehead atoms. The van der Waals surface area contributed by atoms with Gasteiger partial charge in [-0.1, -0.05) is 48.0 Å². The van der Waals surface area contributed by atoms with Gasteiger partial charge in [-0.05, 0) is 43.5 Å². The van der Waals surface area contributed by atoms with Crippen molar-refractivity contribution in [3.05, 3.63) is 87.4 Å². The number of nitrogens with one attached hydrogen (secondary N) is 1. The van der Waals surface area contributed by atoms with E-state index in [2.05, 4.69) is 9.82 Å². The fraction of sp³-hybridized carbons (Fsp3) is 0.273. The second-order valence-electron chi connectivity index (χ2n) is 7.46. The fourth-order valence-electron chi connectivity index (χ4n) is 3.18. The molecule has 0 saturated heterocycles. The van der Waals surface area contributed by atoms with E-state index < -0.39 is 10.0 Å². The smallest absolute Gasteiger partial charge is 0.247 e. The van der Waals surface area contributed by atoms with Crippen LogP contribution in [-0.2, 0) is 16.6 Å². The van der Waals surface area contributed by atoms with Gasteiger partial charge in [0.05, 0.1) is 12.2 Å². The van der Waals surface area contributed by atoms with Crippen molar-refractivity contribution in [2.45, 2.75) is 32.2 Å². The lowest BCUT2D eigenvalue weighted by atomic mass is 10.2. The molecule has 1 N–H and O–H groups in total. The summed E-state index contributed by atoms with van der Waals surface area (Å²) in [6, 6.07) is 17.0. The first kappa shape index (κ1) is 20.3. The molecule has 0 spiro atoms. The molecule has 4 rings (SSSR count). The number of aryl methyl sites for hydroxylation is 1. The van der Waals surface area contributed by atoms with Crippen LogP contribution in [0.1, 0.15) is 35.7 Å². The van der Waals surface area contributed by atoms with Crippen molar-refractivity contribution in [1.82, 2.24) is 19.1 Å². The summed E-state index contributed by atoms with van der Waals surface area (Å²) in [5, 5.41) is 5.62. The summed E-state index contributed by atoms with van der Waals surface area (Å²) >= 11 is 0. The standard InChI is InChI=1S/C22H24N4O3S/c1-17-7-9-18(10-8-17)13-16-30(28,29)23-14-15-25-22(27)26(20-5-3-2-4-6-20)21(24-25)19-11-12-19/h2-10,13,16,19,23H,11-12,14-15H2,1H3/b16-13+. The summed E-state index contributed by atoms with van der Waals surface area (Å²) < 4.78 is 30.0. The summed E-state index contributed by atoms with van der Waals surface area (Å²) in [6.07, 6.45) is 3.57. The molecule has 0 aliphatic heterocycles. The highest BCUT2D eigenvalue weighted by Crippen LogP contribution is 2.39. The van der Waals surface area contributed by atoms with Crippen molar-refractivity contribution in [3.8, 4) is 5.69 Å². The van der Waals surface area contributed by atoms with Gasteiger partial charge in [0.15, 0.2) is 0 Å². The average molecular weight is 425 g/mol.